The molecule has 0 radical (unpaired) electrons. The van der Waals surface area contributed by atoms with Crippen molar-refractivity contribution in [3.63, 3.8) is 0 Å². The molecule has 2 fully saturated rings. The van der Waals surface area contributed by atoms with E-state index in [1.54, 1.807) is 0 Å². The monoisotopic (exact) mass is 266 g/mol. The standard InChI is InChI=1S/C15H26N2S/c1-9-6-10(2)18-15(16-9)17-11(3)14-8-12-4-5-13(14)7-12/h9-14H,4-8H2,1-3H3,(H,16,17). The van der Waals surface area contributed by atoms with Crippen molar-refractivity contribution in [3.05, 3.63) is 0 Å². The van der Waals surface area contributed by atoms with Gasteiger partial charge in [-0.3, -0.25) is 4.99 Å². The van der Waals surface area contributed by atoms with Crippen molar-refractivity contribution < 1.29 is 0 Å². The van der Waals surface area contributed by atoms with Crippen LogP contribution in [0.1, 0.15) is 52.9 Å². The summed E-state index contributed by atoms with van der Waals surface area (Å²) in [6.45, 7) is 6.93. The molecule has 18 heavy (non-hydrogen) atoms. The maximum Gasteiger partial charge on any atom is 0.157 e. The number of hydrogen-bond acceptors (Lipinski definition) is 3. The lowest BCUT2D eigenvalue weighted by atomic mass is 9.84. The van der Waals surface area contributed by atoms with Gasteiger partial charge in [0.1, 0.15) is 0 Å². The molecule has 1 N–H and O–H groups in total. The first kappa shape index (κ1) is 12.8. The molecule has 6 atom stereocenters. The van der Waals surface area contributed by atoms with E-state index in [-0.39, 0.29) is 0 Å². The third kappa shape index (κ3) is 2.56. The lowest BCUT2D eigenvalue weighted by molar-refractivity contribution is 0.279. The molecule has 0 aromatic rings. The van der Waals surface area contributed by atoms with Gasteiger partial charge in [-0.2, -0.15) is 0 Å². The van der Waals surface area contributed by atoms with Crippen molar-refractivity contribution in [2.75, 3.05) is 0 Å². The van der Waals surface area contributed by atoms with E-state index in [4.69, 9.17) is 4.99 Å². The van der Waals surface area contributed by atoms with Gasteiger partial charge in [0.25, 0.3) is 0 Å². The van der Waals surface area contributed by atoms with Crippen molar-refractivity contribution >= 4 is 16.9 Å². The minimum absolute atomic E-state index is 0.496. The van der Waals surface area contributed by atoms with Crippen LogP contribution in [0.15, 0.2) is 4.99 Å². The zero-order valence-electron chi connectivity index (χ0n) is 11.9. The van der Waals surface area contributed by atoms with Crippen LogP contribution in [0.3, 0.4) is 0 Å². The number of amidine groups is 1. The lowest BCUT2D eigenvalue weighted by Gasteiger charge is -2.31. The van der Waals surface area contributed by atoms with Crippen LogP contribution < -0.4 is 5.32 Å². The van der Waals surface area contributed by atoms with E-state index < -0.39 is 0 Å². The van der Waals surface area contributed by atoms with Crippen molar-refractivity contribution in [2.45, 2.75) is 70.2 Å². The molecule has 3 rings (SSSR count). The second kappa shape index (κ2) is 5.07. The number of rotatable bonds is 2. The molecule has 2 saturated carbocycles. The molecule has 6 unspecified atom stereocenters. The van der Waals surface area contributed by atoms with E-state index in [9.17, 15) is 0 Å². The highest BCUT2D eigenvalue weighted by Gasteiger charge is 2.42. The molecular formula is C15H26N2S. The fraction of sp³-hybridized carbons (Fsp3) is 0.933. The smallest absolute Gasteiger partial charge is 0.157 e. The van der Waals surface area contributed by atoms with E-state index in [0.717, 1.165) is 17.8 Å². The van der Waals surface area contributed by atoms with Crippen molar-refractivity contribution in [2.24, 2.45) is 22.7 Å². The van der Waals surface area contributed by atoms with Gasteiger partial charge in [0, 0.05) is 11.3 Å². The Kier molecular flexibility index (Phi) is 3.61. The molecule has 102 valence electrons. The molecule has 0 saturated heterocycles. The Morgan fingerprint density at radius 3 is 2.67 bits per heavy atom. The van der Waals surface area contributed by atoms with Crippen LogP contribution in [-0.2, 0) is 0 Å². The normalized spacial score (nSPS) is 44.8. The minimum Gasteiger partial charge on any atom is -0.362 e. The maximum atomic E-state index is 4.77. The summed E-state index contributed by atoms with van der Waals surface area (Å²) in [5, 5.41) is 5.64. The molecule has 3 aliphatic rings. The third-order valence-electron chi connectivity index (χ3n) is 5.11. The SMILES string of the molecule is CC1CC(C)SC(NC(C)C2CC3CCC2C3)=N1. The van der Waals surface area contributed by atoms with E-state index >= 15 is 0 Å². The van der Waals surface area contributed by atoms with Gasteiger partial charge in [0.15, 0.2) is 5.17 Å². The average Bonchev–Trinajstić information content (AvgIpc) is 2.88. The number of aliphatic imine (C=N–C) groups is 1. The van der Waals surface area contributed by atoms with Crippen LogP contribution in [0.4, 0.5) is 0 Å². The summed E-state index contributed by atoms with van der Waals surface area (Å²) in [4.78, 5) is 4.77. The van der Waals surface area contributed by atoms with Gasteiger partial charge in [0.2, 0.25) is 0 Å². The number of hydrogen-bond donors (Lipinski definition) is 1. The predicted octanol–water partition coefficient (Wildman–Crippen LogP) is 3.67. The largest absolute Gasteiger partial charge is 0.362 e. The molecule has 1 heterocycles. The van der Waals surface area contributed by atoms with Gasteiger partial charge >= 0.3 is 0 Å². The molecule has 0 aromatic heterocycles. The molecular weight excluding hydrogens is 240 g/mol. The van der Waals surface area contributed by atoms with Crippen LogP contribution in [0.5, 0.6) is 0 Å². The highest BCUT2D eigenvalue weighted by molar-refractivity contribution is 8.14. The van der Waals surface area contributed by atoms with Crippen molar-refractivity contribution in [1.82, 2.24) is 5.32 Å². The first-order chi connectivity index (χ1) is 8.61. The second-order valence-corrected chi connectivity index (χ2v) is 8.15. The number of nitrogens with zero attached hydrogens (tertiary/aromatic N) is 1. The van der Waals surface area contributed by atoms with E-state index in [1.165, 1.54) is 37.3 Å². The highest BCUT2D eigenvalue weighted by Crippen LogP contribution is 2.49. The topological polar surface area (TPSA) is 24.4 Å². The Labute approximate surface area is 115 Å². The number of nitrogens with one attached hydrogen (secondary N) is 1. The average molecular weight is 266 g/mol. The van der Waals surface area contributed by atoms with Gasteiger partial charge in [-0.15, -0.1) is 0 Å². The molecule has 0 aromatic carbocycles. The van der Waals surface area contributed by atoms with Crippen LogP contribution >= 0.6 is 11.8 Å². The van der Waals surface area contributed by atoms with E-state index in [1.807, 2.05) is 11.8 Å². The van der Waals surface area contributed by atoms with Gasteiger partial charge in [-0.05, 0) is 57.3 Å². The summed E-state index contributed by atoms with van der Waals surface area (Å²) in [5.41, 5.74) is 0. The Hall–Kier alpha value is -0.180. The molecule has 0 spiro atoms. The van der Waals surface area contributed by atoms with Crippen LogP contribution in [0.25, 0.3) is 0 Å². The van der Waals surface area contributed by atoms with Gasteiger partial charge in [-0.1, -0.05) is 25.1 Å². The molecule has 1 aliphatic heterocycles. The Morgan fingerprint density at radius 1 is 1.22 bits per heavy atom. The van der Waals surface area contributed by atoms with Crippen molar-refractivity contribution in [3.8, 4) is 0 Å². The maximum absolute atomic E-state index is 4.77. The quantitative estimate of drug-likeness (QED) is 0.824. The summed E-state index contributed by atoms with van der Waals surface area (Å²) in [6.07, 6.45) is 7.16. The summed E-state index contributed by atoms with van der Waals surface area (Å²) < 4.78 is 0. The van der Waals surface area contributed by atoms with Crippen molar-refractivity contribution in [1.29, 1.82) is 0 Å². The second-order valence-electron chi connectivity index (χ2n) is 6.72. The fourth-order valence-electron chi connectivity index (χ4n) is 4.28. The van der Waals surface area contributed by atoms with E-state index in [2.05, 4.69) is 26.1 Å². The molecule has 2 bridgehead atoms. The zero-order chi connectivity index (χ0) is 12.7. The van der Waals surface area contributed by atoms with Crippen LogP contribution in [0.2, 0.25) is 0 Å². The summed E-state index contributed by atoms with van der Waals surface area (Å²) in [5.74, 6) is 2.95. The predicted molar refractivity (Wildman–Crippen MR) is 80.1 cm³/mol. The molecule has 3 heteroatoms. The first-order valence-corrected chi connectivity index (χ1v) is 8.50. The van der Waals surface area contributed by atoms with Gasteiger partial charge < -0.3 is 5.32 Å². The van der Waals surface area contributed by atoms with Crippen LogP contribution in [0, 0.1) is 17.8 Å². The highest BCUT2D eigenvalue weighted by atomic mass is 32.2. The summed E-state index contributed by atoms with van der Waals surface area (Å²) in [6, 6.07) is 1.11. The Morgan fingerprint density at radius 2 is 2.06 bits per heavy atom. The molecule has 0 amide bonds. The Balaban J connectivity index is 1.59. The Bertz CT molecular complexity index is 341. The van der Waals surface area contributed by atoms with E-state index in [0.29, 0.717) is 17.3 Å². The molecule has 2 aliphatic carbocycles. The summed E-state index contributed by atoms with van der Waals surface area (Å²) in [7, 11) is 0. The van der Waals surface area contributed by atoms with Gasteiger partial charge in [0.05, 0.1) is 6.04 Å². The zero-order valence-corrected chi connectivity index (χ0v) is 12.7. The number of thioether (sulfide) groups is 1. The third-order valence-corrected chi connectivity index (χ3v) is 6.15. The first-order valence-electron chi connectivity index (χ1n) is 7.63. The van der Waals surface area contributed by atoms with Crippen LogP contribution in [-0.4, -0.2) is 22.5 Å². The summed E-state index contributed by atoms with van der Waals surface area (Å²) >= 11 is 1.94. The lowest BCUT2D eigenvalue weighted by Crippen LogP contribution is -2.41. The molecule has 2 nitrogen and oxygen atoms in total. The van der Waals surface area contributed by atoms with Gasteiger partial charge in [-0.25, -0.2) is 0 Å². The minimum atomic E-state index is 0.496. The fourth-order valence-corrected chi connectivity index (χ4v) is 5.53. The number of fused-ring (bicyclic) bond motifs is 2.